The monoisotopic (exact) mass is 596 g/mol. The maximum absolute atomic E-state index is 6.31. The molecular weight excluding hydrogens is 569 g/mol. The summed E-state index contributed by atoms with van der Waals surface area (Å²) in [5.41, 5.74) is 8.28. The first-order valence-corrected chi connectivity index (χ1v) is 16.2. The van der Waals surface area contributed by atoms with E-state index in [0.717, 1.165) is 62.9 Å². The van der Waals surface area contributed by atoms with E-state index in [1.165, 1.54) is 36.5 Å². The van der Waals surface area contributed by atoms with Gasteiger partial charge in [0, 0.05) is 42.1 Å². The minimum absolute atomic E-state index is 0.709. The molecule has 45 heavy (non-hydrogen) atoms. The second-order valence-electron chi connectivity index (χ2n) is 11.7. The second-order valence-corrected chi connectivity index (χ2v) is 12.8. The highest BCUT2D eigenvalue weighted by Crippen LogP contribution is 2.41. The lowest BCUT2D eigenvalue weighted by molar-refractivity contribution is 0.669. The Kier molecular flexibility index (Phi) is 6.03. The molecular formula is C41H28N2OS. The molecule has 0 saturated heterocycles. The Morgan fingerprint density at radius 3 is 2.24 bits per heavy atom. The van der Waals surface area contributed by atoms with E-state index in [9.17, 15) is 0 Å². The average molecular weight is 597 g/mol. The third kappa shape index (κ3) is 4.33. The zero-order valence-electron chi connectivity index (χ0n) is 24.7. The van der Waals surface area contributed by atoms with Crippen molar-refractivity contribution in [3.8, 4) is 0 Å². The van der Waals surface area contributed by atoms with Gasteiger partial charge in [-0.1, -0.05) is 97.1 Å². The highest BCUT2D eigenvalue weighted by atomic mass is 32.1. The highest BCUT2D eigenvalue weighted by molar-refractivity contribution is 7.25. The molecule has 214 valence electrons. The molecule has 0 atom stereocenters. The fraction of sp³-hybridized carbons (Fsp3) is 0.0732. The van der Waals surface area contributed by atoms with E-state index in [4.69, 9.17) is 14.4 Å². The smallest absolute Gasteiger partial charge is 0.160 e. The predicted molar refractivity (Wildman–Crippen MR) is 192 cm³/mol. The number of aliphatic imine (C=N–C) groups is 2. The average Bonchev–Trinajstić information content (AvgIpc) is 3.65. The Hall–Kier alpha value is -5.32. The molecule has 3 heterocycles. The molecule has 0 aliphatic carbocycles. The van der Waals surface area contributed by atoms with Gasteiger partial charge in [0.15, 0.2) is 5.84 Å². The molecule has 4 heteroatoms. The maximum atomic E-state index is 6.31. The normalized spacial score (nSPS) is 18.2. The van der Waals surface area contributed by atoms with Gasteiger partial charge in [0.2, 0.25) is 0 Å². The van der Waals surface area contributed by atoms with Crippen molar-refractivity contribution in [1.29, 1.82) is 0 Å². The van der Waals surface area contributed by atoms with Crippen LogP contribution in [0.1, 0.15) is 36.5 Å². The van der Waals surface area contributed by atoms with Gasteiger partial charge >= 0.3 is 0 Å². The molecule has 0 radical (unpaired) electrons. The number of allylic oxidation sites excluding steroid dienone is 1. The van der Waals surface area contributed by atoms with Crippen molar-refractivity contribution in [2.45, 2.75) is 19.8 Å². The van der Waals surface area contributed by atoms with Gasteiger partial charge in [-0.3, -0.25) is 0 Å². The molecule has 1 aliphatic rings. The molecule has 2 aromatic heterocycles. The Labute approximate surface area is 264 Å². The summed E-state index contributed by atoms with van der Waals surface area (Å²) >= 11 is 1.84. The number of furan rings is 1. The quantitative estimate of drug-likeness (QED) is 0.200. The Morgan fingerprint density at radius 2 is 1.31 bits per heavy atom. The zero-order valence-corrected chi connectivity index (χ0v) is 25.6. The number of amidine groups is 1. The lowest BCUT2D eigenvalue weighted by atomic mass is 9.95. The Bertz CT molecular complexity index is 2560. The van der Waals surface area contributed by atoms with Crippen molar-refractivity contribution in [2.75, 3.05) is 0 Å². The summed E-state index contributed by atoms with van der Waals surface area (Å²) in [6, 6.07) is 44.9. The van der Waals surface area contributed by atoms with Crippen LogP contribution in [0, 0.1) is 0 Å². The van der Waals surface area contributed by atoms with Crippen LogP contribution in [0.3, 0.4) is 0 Å². The highest BCUT2D eigenvalue weighted by Gasteiger charge is 2.21. The minimum atomic E-state index is 0.709. The van der Waals surface area contributed by atoms with E-state index in [-0.39, 0.29) is 0 Å². The molecule has 0 unspecified atom stereocenters. The van der Waals surface area contributed by atoms with Crippen LogP contribution in [0.5, 0.6) is 0 Å². The standard InChI is InChI=1S/C41H28N2OS/c1-25-20-23-33(28-22-21-26-10-2-3-11-27(26)24-28)42-41(32-15-8-17-35-38(32)29-12-4-6-16-34(29)44-35)43-40(25)31-14-9-19-37-39(31)30-13-5-7-18-36(30)45-37/h2-19,21-22,24H,20,23H2,1H3/b40-25-,42-33+,43-41-. The van der Waals surface area contributed by atoms with Crippen molar-refractivity contribution in [3.05, 3.63) is 150 Å². The van der Waals surface area contributed by atoms with Crippen LogP contribution in [0.2, 0.25) is 0 Å². The van der Waals surface area contributed by atoms with Crippen LogP contribution < -0.4 is 0 Å². The third-order valence-electron chi connectivity index (χ3n) is 8.98. The van der Waals surface area contributed by atoms with E-state index in [1.54, 1.807) is 0 Å². The molecule has 0 spiro atoms. The summed E-state index contributed by atoms with van der Waals surface area (Å²) in [5.74, 6) is 0.709. The van der Waals surface area contributed by atoms with Gasteiger partial charge in [0.1, 0.15) is 11.2 Å². The zero-order chi connectivity index (χ0) is 29.9. The van der Waals surface area contributed by atoms with E-state index < -0.39 is 0 Å². The molecule has 0 fully saturated rings. The minimum Gasteiger partial charge on any atom is -0.456 e. The van der Waals surface area contributed by atoms with Gasteiger partial charge in [-0.15, -0.1) is 11.3 Å². The molecule has 0 saturated carbocycles. The number of benzene rings is 6. The van der Waals surface area contributed by atoms with Gasteiger partial charge in [-0.25, -0.2) is 9.98 Å². The van der Waals surface area contributed by atoms with Gasteiger partial charge in [0.05, 0.1) is 11.4 Å². The SMILES string of the molecule is C/C1=C(c2cccc3sc4ccccc4c23)/N=C(c2cccc3oc4ccccc4c23)\N=C(\c2ccc3ccccc3c2)CC1. The van der Waals surface area contributed by atoms with Crippen molar-refractivity contribution < 1.29 is 4.42 Å². The molecule has 0 bridgehead atoms. The lowest BCUT2D eigenvalue weighted by Crippen LogP contribution is -2.11. The van der Waals surface area contributed by atoms with Crippen molar-refractivity contribution in [1.82, 2.24) is 0 Å². The lowest BCUT2D eigenvalue weighted by Gasteiger charge is -2.17. The predicted octanol–water partition coefficient (Wildman–Crippen LogP) is 11.6. The molecule has 8 aromatic rings. The summed E-state index contributed by atoms with van der Waals surface area (Å²) < 4.78 is 8.88. The van der Waals surface area contributed by atoms with Gasteiger partial charge < -0.3 is 4.42 Å². The number of rotatable bonds is 3. The fourth-order valence-corrected chi connectivity index (χ4v) is 7.89. The van der Waals surface area contributed by atoms with Gasteiger partial charge in [-0.05, 0) is 72.0 Å². The van der Waals surface area contributed by atoms with Gasteiger partial charge in [-0.2, -0.15) is 0 Å². The summed E-state index contributed by atoms with van der Waals surface area (Å²) in [7, 11) is 0. The Balaban J connectivity index is 1.33. The molecule has 6 aromatic carbocycles. The van der Waals surface area contributed by atoms with Crippen molar-refractivity contribution in [3.63, 3.8) is 0 Å². The van der Waals surface area contributed by atoms with Gasteiger partial charge in [0.25, 0.3) is 0 Å². The summed E-state index contributed by atoms with van der Waals surface area (Å²) in [6.45, 7) is 2.24. The van der Waals surface area contributed by atoms with Crippen molar-refractivity contribution >= 4 is 81.5 Å². The number of hydrogen-bond donors (Lipinski definition) is 0. The first-order chi connectivity index (χ1) is 22.2. The first kappa shape index (κ1) is 26.1. The van der Waals surface area contributed by atoms with Crippen molar-refractivity contribution in [2.24, 2.45) is 9.98 Å². The number of para-hydroxylation sites is 1. The van der Waals surface area contributed by atoms with Crippen LogP contribution >= 0.6 is 11.3 Å². The number of thiophene rings is 1. The molecule has 1 aliphatic heterocycles. The van der Waals surface area contributed by atoms with E-state index in [1.807, 2.05) is 29.5 Å². The second kappa shape index (κ2) is 10.4. The van der Waals surface area contributed by atoms with Crippen LogP contribution in [-0.4, -0.2) is 11.5 Å². The first-order valence-electron chi connectivity index (χ1n) is 15.4. The summed E-state index contributed by atoms with van der Waals surface area (Å²) in [6.07, 6.45) is 1.68. The largest absolute Gasteiger partial charge is 0.456 e. The number of fused-ring (bicyclic) bond motifs is 7. The van der Waals surface area contributed by atoms with Crippen LogP contribution in [0.4, 0.5) is 0 Å². The third-order valence-corrected chi connectivity index (χ3v) is 10.1. The topological polar surface area (TPSA) is 37.9 Å². The van der Waals surface area contributed by atoms with Crippen LogP contribution in [0.15, 0.2) is 147 Å². The molecule has 9 rings (SSSR count). The van der Waals surface area contributed by atoms with E-state index in [2.05, 4.69) is 116 Å². The summed E-state index contributed by atoms with van der Waals surface area (Å²) in [4.78, 5) is 11.0. The Morgan fingerprint density at radius 1 is 0.578 bits per heavy atom. The fourth-order valence-electron chi connectivity index (χ4n) is 6.76. The summed E-state index contributed by atoms with van der Waals surface area (Å²) in [5, 5.41) is 7.10. The number of nitrogens with zero attached hydrogens (tertiary/aromatic N) is 2. The molecule has 0 N–H and O–H groups in total. The van der Waals surface area contributed by atoms with E-state index in [0.29, 0.717) is 5.84 Å². The molecule has 3 nitrogen and oxygen atoms in total. The van der Waals surface area contributed by atoms with Crippen LogP contribution in [0.25, 0.3) is 58.6 Å². The maximum Gasteiger partial charge on any atom is 0.160 e. The van der Waals surface area contributed by atoms with Crippen LogP contribution in [-0.2, 0) is 0 Å². The molecule has 0 amide bonds. The number of hydrogen-bond acceptors (Lipinski definition) is 4. The van der Waals surface area contributed by atoms with E-state index >= 15 is 0 Å².